The van der Waals surface area contributed by atoms with E-state index >= 15 is 0 Å². The summed E-state index contributed by atoms with van der Waals surface area (Å²) in [6.45, 7) is 0.598. The monoisotopic (exact) mass is 360 g/mol. The number of amides is 2. The quantitative estimate of drug-likeness (QED) is 0.855. The van der Waals surface area contributed by atoms with Crippen LogP contribution in [0.1, 0.15) is 33.6 Å². The van der Waals surface area contributed by atoms with Crippen LogP contribution in [0.25, 0.3) is 0 Å². The number of nitrogens with one attached hydrogen (secondary N) is 1. The molecule has 0 atom stereocenters. The number of nitrogens with zero attached hydrogens (tertiary/aromatic N) is 1. The maximum Gasteiger partial charge on any atom is 0.338 e. The second-order valence-electron chi connectivity index (χ2n) is 5.53. The summed E-state index contributed by atoms with van der Waals surface area (Å²) in [5.74, 6) is -1.12. The minimum Gasteiger partial charge on any atom is -0.497 e. The molecule has 0 saturated carbocycles. The molecule has 2 heterocycles. The van der Waals surface area contributed by atoms with Crippen LogP contribution in [0.2, 0.25) is 0 Å². The molecule has 3 rings (SSSR count). The van der Waals surface area contributed by atoms with Crippen molar-refractivity contribution >= 4 is 40.5 Å². The molecule has 2 N–H and O–H groups in total. The van der Waals surface area contributed by atoms with Crippen molar-refractivity contribution in [3.05, 3.63) is 40.1 Å². The van der Waals surface area contributed by atoms with Gasteiger partial charge in [-0.25, -0.2) is 4.79 Å². The fraction of sp³-hybridized carbons (Fsp3) is 0.235. The van der Waals surface area contributed by atoms with Crippen molar-refractivity contribution in [2.75, 3.05) is 23.9 Å². The van der Waals surface area contributed by atoms with E-state index < -0.39 is 11.9 Å². The van der Waals surface area contributed by atoms with Gasteiger partial charge in [0.15, 0.2) is 0 Å². The second-order valence-corrected chi connectivity index (χ2v) is 6.27. The van der Waals surface area contributed by atoms with Crippen LogP contribution >= 0.6 is 11.3 Å². The smallest absolute Gasteiger partial charge is 0.338 e. The lowest BCUT2D eigenvalue weighted by Gasteiger charge is -2.18. The Labute approximate surface area is 147 Å². The van der Waals surface area contributed by atoms with E-state index in [1.807, 2.05) is 0 Å². The number of anilines is 2. The molecule has 1 aromatic carbocycles. The zero-order chi connectivity index (χ0) is 18.0. The maximum atomic E-state index is 12.5. The van der Waals surface area contributed by atoms with Gasteiger partial charge in [0.2, 0.25) is 5.91 Å². The van der Waals surface area contributed by atoms with E-state index in [1.54, 1.807) is 28.5 Å². The molecule has 130 valence electrons. The van der Waals surface area contributed by atoms with Crippen molar-refractivity contribution in [3.63, 3.8) is 0 Å². The summed E-state index contributed by atoms with van der Waals surface area (Å²) in [6, 6.07) is 4.85. The van der Waals surface area contributed by atoms with Gasteiger partial charge in [-0.15, -0.1) is 11.3 Å². The zero-order valence-corrected chi connectivity index (χ0v) is 14.3. The predicted octanol–water partition coefficient (Wildman–Crippen LogP) is 2.83. The molecule has 0 aliphatic carbocycles. The normalized spacial score (nSPS) is 13.8. The summed E-state index contributed by atoms with van der Waals surface area (Å²) in [6.07, 6.45) is 1.25. The second kappa shape index (κ2) is 6.94. The highest BCUT2D eigenvalue weighted by Crippen LogP contribution is 2.28. The van der Waals surface area contributed by atoms with Crippen LogP contribution in [0.3, 0.4) is 0 Å². The Kier molecular flexibility index (Phi) is 4.71. The summed E-state index contributed by atoms with van der Waals surface area (Å²) >= 11 is 1.19. The molecule has 1 aliphatic heterocycles. The molecule has 7 nitrogen and oxygen atoms in total. The lowest BCUT2D eigenvalue weighted by molar-refractivity contribution is -0.117. The third-order valence-corrected chi connectivity index (χ3v) is 4.66. The van der Waals surface area contributed by atoms with Crippen LogP contribution in [0.4, 0.5) is 11.4 Å². The van der Waals surface area contributed by atoms with E-state index in [0.717, 1.165) is 6.42 Å². The van der Waals surface area contributed by atoms with Gasteiger partial charge >= 0.3 is 5.97 Å². The first-order valence-electron chi connectivity index (χ1n) is 7.60. The third kappa shape index (κ3) is 3.48. The Morgan fingerprint density at radius 3 is 2.72 bits per heavy atom. The van der Waals surface area contributed by atoms with E-state index in [9.17, 15) is 14.4 Å². The van der Waals surface area contributed by atoms with Crippen molar-refractivity contribution < 1.29 is 24.2 Å². The number of aromatic carboxylic acids is 1. The fourth-order valence-electron chi connectivity index (χ4n) is 2.66. The molecule has 0 bridgehead atoms. The first-order chi connectivity index (χ1) is 12.0. The molecule has 25 heavy (non-hydrogen) atoms. The number of carboxylic acid groups (broad SMARTS) is 1. The van der Waals surface area contributed by atoms with Crippen LogP contribution in [-0.2, 0) is 4.79 Å². The molecule has 0 spiro atoms. The number of carboxylic acids is 1. The third-order valence-electron chi connectivity index (χ3n) is 3.91. The average molecular weight is 360 g/mol. The fourth-order valence-corrected chi connectivity index (χ4v) is 3.42. The van der Waals surface area contributed by atoms with Gasteiger partial charge in [0, 0.05) is 41.0 Å². The number of thiophene rings is 1. The van der Waals surface area contributed by atoms with Gasteiger partial charge in [-0.1, -0.05) is 0 Å². The number of benzene rings is 1. The standard InChI is InChI=1S/C17H16N2O5S/c1-24-12-6-10(5-11(7-12)19-4-2-3-15(19)20)16(21)18-14-9-25-8-13(14)17(22)23/h5-9H,2-4H2,1H3,(H,18,21)(H,22,23). The van der Waals surface area contributed by atoms with Crippen molar-refractivity contribution in [2.45, 2.75) is 12.8 Å². The number of ether oxygens (including phenoxy) is 1. The molecule has 1 fully saturated rings. The summed E-state index contributed by atoms with van der Waals surface area (Å²) in [4.78, 5) is 37.3. The molecular formula is C17H16N2O5S. The summed E-state index contributed by atoms with van der Waals surface area (Å²) < 4.78 is 5.23. The van der Waals surface area contributed by atoms with Crippen LogP contribution in [0.5, 0.6) is 5.75 Å². The first kappa shape index (κ1) is 17.0. The number of methoxy groups -OCH3 is 1. The number of hydrogen-bond acceptors (Lipinski definition) is 5. The minimum atomic E-state index is -1.11. The molecule has 2 amide bonds. The predicted molar refractivity (Wildman–Crippen MR) is 93.8 cm³/mol. The van der Waals surface area contributed by atoms with E-state index in [4.69, 9.17) is 9.84 Å². The van der Waals surface area contributed by atoms with E-state index in [-0.39, 0.29) is 22.7 Å². The number of carbonyl (C=O) groups is 3. The number of hydrogen-bond donors (Lipinski definition) is 2. The lowest BCUT2D eigenvalue weighted by Crippen LogP contribution is -2.24. The van der Waals surface area contributed by atoms with Crippen molar-refractivity contribution in [1.82, 2.24) is 0 Å². The molecule has 8 heteroatoms. The highest BCUT2D eigenvalue weighted by Gasteiger charge is 2.24. The average Bonchev–Trinajstić information content (AvgIpc) is 3.23. The lowest BCUT2D eigenvalue weighted by atomic mass is 10.1. The Morgan fingerprint density at radius 1 is 1.28 bits per heavy atom. The number of rotatable bonds is 5. The van der Waals surface area contributed by atoms with Crippen LogP contribution in [-0.4, -0.2) is 36.5 Å². The summed E-state index contributed by atoms with van der Waals surface area (Å²) in [5.41, 5.74) is 1.16. The molecule has 2 aromatic rings. The van der Waals surface area contributed by atoms with Crippen LogP contribution in [0.15, 0.2) is 29.0 Å². The van der Waals surface area contributed by atoms with Gasteiger partial charge in [-0.3, -0.25) is 9.59 Å². The van der Waals surface area contributed by atoms with Gasteiger partial charge in [0.05, 0.1) is 18.4 Å². The number of carbonyl (C=O) groups excluding carboxylic acids is 2. The molecule has 1 aliphatic rings. The summed E-state index contributed by atoms with van der Waals surface area (Å²) in [5, 5.41) is 14.7. The van der Waals surface area contributed by atoms with Gasteiger partial charge in [0.25, 0.3) is 5.91 Å². The Balaban J connectivity index is 1.90. The maximum absolute atomic E-state index is 12.5. The molecular weight excluding hydrogens is 344 g/mol. The van der Waals surface area contributed by atoms with Gasteiger partial charge in [-0.2, -0.15) is 0 Å². The molecule has 0 unspecified atom stereocenters. The van der Waals surface area contributed by atoms with Crippen molar-refractivity contribution in [2.24, 2.45) is 0 Å². The van der Waals surface area contributed by atoms with Gasteiger partial charge in [0.1, 0.15) is 5.75 Å². The Hall–Kier alpha value is -2.87. The highest BCUT2D eigenvalue weighted by atomic mass is 32.1. The Morgan fingerprint density at radius 2 is 2.08 bits per heavy atom. The molecule has 0 radical (unpaired) electrons. The first-order valence-corrected chi connectivity index (χ1v) is 8.54. The highest BCUT2D eigenvalue weighted by molar-refractivity contribution is 7.08. The van der Waals surface area contributed by atoms with E-state index in [1.165, 1.54) is 23.8 Å². The largest absolute Gasteiger partial charge is 0.497 e. The van der Waals surface area contributed by atoms with Crippen LogP contribution in [0, 0.1) is 0 Å². The molecule has 1 saturated heterocycles. The molecule has 1 aromatic heterocycles. The van der Waals surface area contributed by atoms with Gasteiger partial charge in [-0.05, 0) is 18.6 Å². The van der Waals surface area contributed by atoms with E-state index in [0.29, 0.717) is 24.4 Å². The zero-order valence-electron chi connectivity index (χ0n) is 13.4. The van der Waals surface area contributed by atoms with Gasteiger partial charge < -0.3 is 20.1 Å². The van der Waals surface area contributed by atoms with Crippen LogP contribution < -0.4 is 15.0 Å². The topological polar surface area (TPSA) is 95.9 Å². The minimum absolute atomic E-state index is 0.00519. The van der Waals surface area contributed by atoms with Crippen molar-refractivity contribution in [3.8, 4) is 5.75 Å². The summed E-state index contributed by atoms with van der Waals surface area (Å²) in [7, 11) is 1.48. The van der Waals surface area contributed by atoms with E-state index in [2.05, 4.69) is 5.32 Å². The SMILES string of the molecule is COc1cc(C(=O)Nc2cscc2C(=O)O)cc(N2CCCC2=O)c1. The Bertz CT molecular complexity index is 845. The van der Waals surface area contributed by atoms with Crippen molar-refractivity contribution in [1.29, 1.82) is 0 Å².